The van der Waals surface area contributed by atoms with Crippen molar-refractivity contribution in [2.24, 2.45) is 0 Å². The van der Waals surface area contributed by atoms with E-state index in [4.69, 9.17) is 0 Å². The lowest BCUT2D eigenvalue weighted by molar-refractivity contribution is 0.573. The predicted octanol–water partition coefficient (Wildman–Crippen LogP) is 5.75. The highest BCUT2D eigenvalue weighted by Crippen LogP contribution is 2.31. The summed E-state index contributed by atoms with van der Waals surface area (Å²) in [7, 11) is 2.05. The van der Waals surface area contributed by atoms with Crippen molar-refractivity contribution in [1.82, 2.24) is 5.32 Å². The van der Waals surface area contributed by atoms with E-state index in [0.717, 1.165) is 8.95 Å². The first-order chi connectivity index (χ1) is 9.20. The first kappa shape index (κ1) is 15.3. The third kappa shape index (κ3) is 4.44. The molecule has 1 aromatic rings. The highest BCUT2D eigenvalue weighted by atomic mass is 79.9. The minimum absolute atomic E-state index is 0.340. The standard InChI is InChI=1S/C16H21Br2N/c1-19-16(12-7-5-3-2-4-6-8-12)13-9-14(17)11-15(18)10-13/h7,9-11,16,19H,2-6,8H2,1H3/b12-7+. The molecule has 0 aliphatic heterocycles. The van der Waals surface area contributed by atoms with Crippen molar-refractivity contribution in [3.8, 4) is 0 Å². The Labute approximate surface area is 133 Å². The fourth-order valence-electron chi connectivity index (χ4n) is 2.79. The molecule has 1 aliphatic carbocycles. The summed E-state index contributed by atoms with van der Waals surface area (Å²) in [5.74, 6) is 0. The van der Waals surface area contributed by atoms with E-state index in [-0.39, 0.29) is 0 Å². The van der Waals surface area contributed by atoms with Gasteiger partial charge in [-0.1, -0.05) is 56.4 Å². The molecule has 1 N–H and O–H groups in total. The minimum atomic E-state index is 0.340. The summed E-state index contributed by atoms with van der Waals surface area (Å²) in [5.41, 5.74) is 2.88. The van der Waals surface area contributed by atoms with Crippen LogP contribution >= 0.6 is 31.9 Å². The van der Waals surface area contributed by atoms with Crippen LogP contribution in [0.4, 0.5) is 0 Å². The second kappa shape index (κ2) is 7.61. The molecule has 0 aromatic heterocycles. The van der Waals surface area contributed by atoms with E-state index in [1.807, 2.05) is 0 Å². The van der Waals surface area contributed by atoms with Crippen LogP contribution in [0.2, 0.25) is 0 Å². The van der Waals surface area contributed by atoms with Crippen molar-refractivity contribution in [3.63, 3.8) is 0 Å². The quantitative estimate of drug-likeness (QED) is 0.651. The van der Waals surface area contributed by atoms with Crippen LogP contribution in [0, 0.1) is 0 Å². The summed E-state index contributed by atoms with van der Waals surface area (Å²) in [4.78, 5) is 0. The smallest absolute Gasteiger partial charge is 0.0534 e. The fraction of sp³-hybridized carbons (Fsp3) is 0.500. The Morgan fingerprint density at radius 1 is 1.00 bits per heavy atom. The molecular formula is C16H21Br2N. The first-order valence-electron chi connectivity index (χ1n) is 7.03. The zero-order valence-electron chi connectivity index (χ0n) is 11.4. The molecule has 1 aliphatic rings. The number of allylic oxidation sites excluding steroid dienone is 1. The van der Waals surface area contributed by atoms with Gasteiger partial charge < -0.3 is 5.32 Å². The van der Waals surface area contributed by atoms with E-state index in [2.05, 4.69) is 68.5 Å². The molecule has 1 atom stereocenters. The second-order valence-electron chi connectivity index (χ2n) is 5.16. The van der Waals surface area contributed by atoms with Gasteiger partial charge in [-0.3, -0.25) is 0 Å². The average molecular weight is 387 g/mol. The van der Waals surface area contributed by atoms with Crippen molar-refractivity contribution in [3.05, 3.63) is 44.4 Å². The Hall–Kier alpha value is -0.120. The van der Waals surface area contributed by atoms with Gasteiger partial charge >= 0.3 is 0 Å². The van der Waals surface area contributed by atoms with Crippen LogP contribution in [-0.2, 0) is 0 Å². The van der Waals surface area contributed by atoms with Gasteiger partial charge in [0.25, 0.3) is 0 Å². The van der Waals surface area contributed by atoms with Crippen molar-refractivity contribution in [2.75, 3.05) is 7.05 Å². The molecule has 1 unspecified atom stereocenters. The maximum absolute atomic E-state index is 3.59. The van der Waals surface area contributed by atoms with Crippen molar-refractivity contribution in [1.29, 1.82) is 0 Å². The average Bonchev–Trinajstić information content (AvgIpc) is 2.31. The molecule has 0 spiro atoms. The van der Waals surface area contributed by atoms with E-state index in [9.17, 15) is 0 Å². The van der Waals surface area contributed by atoms with Crippen LogP contribution in [0.25, 0.3) is 0 Å². The Morgan fingerprint density at radius 2 is 1.68 bits per heavy atom. The van der Waals surface area contributed by atoms with Gasteiger partial charge in [0, 0.05) is 8.95 Å². The van der Waals surface area contributed by atoms with E-state index in [1.165, 1.54) is 44.1 Å². The molecule has 0 saturated heterocycles. The van der Waals surface area contributed by atoms with Crippen LogP contribution in [-0.4, -0.2) is 7.05 Å². The maximum Gasteiger partial charge on any atom is 0.0534 e. The number of benzene rings is 1. The predicted molar refractivity (Wildman–Crippen MR) is 89.4 cm³/mol. The van der Waals surface area contributed by atoms with Crippen molar-refractivity contribution < 1.29 is 0 Å². The van der Waals surface area contributed by atoms with Gasteiger partial charge in [0.05, 0.1) is 6.04 Å². The zero-order chi connectivity index (χ0) is 13.7. The molecule has 3 heteroatoms. The van der Waals surface area contributed by atoms with Gasteiger partial charge in [-0.25, -0.2) is 0 Å². The van der Waals surface area contributed by atoms with E-state index in [0.29, 0.717) is 6.04 Å². The second-order valence-corrected chi connectivity index (χ2v) is 6.99. The number of hydrogen-bond acceptors (Lipinski definition) is 1. The Morgan fingerprint density at radius 3 is 2.37 bits per heavy atom. The summed E-state index contributed by atoms with van der Waals surface area (Å²) < 4.78 is 2.26. The SMILES string of the molecule is CNC(/C1=C/CCCCCC1)c1cc(Br)cc(Br)c1. The van der Waals surface area contributed by atoms with Gasteiger partial charge in [-0.05, 0) is 56.5 Å². The lowest BCUT2D eigenvalue weighted by Crippen LogP contribution is -2.19. The molecule has 0 fully saturated rings. The summed E-state index contributed by atoms with van der Waals surface area (Å²) in [6.45, 7) is 0. The van der Waals surface area contributed by atoms with E-state index < -0.39 is 0 Å². The highest BCUT2D eigenvalue weighted by Gasteiger charge is 2.16. The summed E-state index contributed by atoms with van der Waals surface area (Å²) in [6, 6.07) is 6.85. The molecule has 0 saturated carbocycles. The Bertz CT molecular complexity index is 434. The van der Waals surface area contributed by atoms with Gasteiger partial charge in [0.15, 0.2) is 0 Å². The summed E-state index contributed by atoms with van der Waals surface area (Å²) >= 11 is 7.17. The molecule has 19 heavy (non-hydrogen) atoms. The Kier molecular flexibility index (Phi) is 6.11. The largest absolute Gasteiger partial charge is 0.310 e. The molecule has 1 aromatic carbocycles. The van der Waals surface area contributed by atoms with Gasteiger partial charge in [0.1, 0.15) is 0 Å². The van der Waals surface area contributed by atoms with Gasteiger partial charge in [-0.2, -0.15) is 0 Å². The monoisotopic (exact) mass is 385 g/mol. The third-order valence-corrected chi connectivity index (χ3v) is 4.62. The lowest BCUT2D eigenvalue weighted by Gasteiger charge is -2.23. The maximum atomic E-state index is 3.59. The topological polar surface area (TPSA) is 12.0 Å². The Balaban J connectivity index is 2.26. The normalized spacial score (nSPS) is 21.1. The number of halogens is 2. The number of likely N-dealkylation sites (N-methyl/N-ethyl adjacent to an activating group) is 1. The molecule has 0 radical (unpaired) electrons. The zero-order valence-corrected chi connectivity index (χ0v) is 14.6. The minimum Gasteiger partial charge on any atom is -0.310 e. The van der Waals surface area contributed by atoms with E-state index in [1.54, 1.807) is 5.57 Å². The van der Waals surface area contributed by atoms with Crippen LogP contribution in [0.15, 0.2) is 38.8 Å². The van der Waals surface area contributed by atoms with E-state index >= 15 is 0 Å². The number of nitrogens with one attached hydrogen (secondary N) is 1. The van der Waals surface area contributed by atoms with Crippen LogP contribution in [0.1, 0.15) is 50.1 Å². The van der Waals surface area contributed by atoms with Crippen LogP contribution < -0.4 is 5.32 Å². The molecule has 1 nitrogen and oxygen atoms in total. The van der Waals surface area contributed by atoms with Gasteiger partial charge in [-0.15, -0.1) is 0 Å². The number of rotatable bonds is 3. The molecule has 104 valence electrons. The molecule has 0 bridgehead atoms. The molecule has 2 rings (SSSR count). The molecular weight excluding hydrogens is 366 g/mol. The van der Waals surface area contributed by atoms with Gasteiger partial charge in [0.2, 0.25) is 0 Å². The van der Waals surface area contributed by atoms with Crippen LogP contribution in [0.5, 0.6) is 0 Å². The molecule has 0 amide bonds. The molecule has 0 heterocycles. The van der Waals surface area contributed by atoms with Crippen LogP contribution in [0.3, 0.4) is 0 Å². The summed E-state index contributed by atoms with van der Waals surface area (Å²) in [6.07, 6.45) is 10.3. The van der Waals surface area contributed by atoms with Crippen molar-refractivity contribution in [2.45, 2.75) is 44.6 Å². The fourth-order valence-corrected chi connectivity index (χ4v) is 4.12. The third-order valence-electron chi connectivity index (χ3n) is 3.70. The number of hydrogen-bond donors (Lipinski definition) is 1. The van der Waals surface area contributed by atoms with Crippen molar-refractivity contribution >= 4 is 31.9 Å². The summed E-state index contributed by atoms with van der Waals surface area (Å²) in [5, 5.41) is 3.48. The first-order valence-corrected chi connectivity index (χ1v) is 8.61. The lowest BCUT2D eigenvalue weighted by atomic mass is 9.91. The highest BCUT2D eigenvalue weighted by molar-refractivity contribution is 9.11.